The van der Waals surface area contributed by atoms with Crippen molar-refractivity contribution >= 4 is 21.4 Å². The Morgan fingerprint density at radius 2 is 1.92 bits per heavy atom. The summed E-state index contributed by atoms with van der Waals surface area (Å²) < 4.78 is 33.0. The van der Waals surface area contributed by atoms with Crippen LogP contribution in [0.5, 0.6) is 5.75 Å². The van der Waals surface area contributed by atoms with Gasteiger partial charge in [0.25, 0.3) is 0 Å². The van der Waals surface area contributed by atoms with Crippen molar-refractivity contribution in [2.24, 2.45) is 0 Å². The fourth-order valence-corrected chi connectivity index (χ4v) is 4.64. The number of sulfonamides is 1. The maximum atomic E-state index is 13.1. The van der Waals surface area contributed by atoms with Crippen LogP contribution in [0, 0.1) is 0 Å². The average molecular weight is 374 g/mol. The van der Waals surface area contributed by atoms with Crippen LogP contribution < -0.4 is 4.74 Å². The van der Waals surface area contributed by atoms with Crippen molar-refractivity contribution in [1.82, 2.24) is 9.29 Å². The normalized spacial score (nSPS) is 11.6. The van der Waals surface area contributed by atoms with Crippen molar-refractivity contribution in [2.75, 3.05) is 7.11 Å². The molecule has 2 aromatic heterocycles. The number of benzene rings is 1. The molecule has 130 valence electrons. The molecule has 5 nitrogen and oxygen atoms in total. The topological polar surface area (TPSA) is 59.5 Å². The molecule has 3 aromatic rings. The van der Waals surface area contributed by atoms with E-state index in [0.29, 0.717) is 12.3 Å². The Morgan fingerprint density at radius 1 is 1.08 bits per heavy atom. The standard InChI is InChI=1S/C18H18N2O3S2/c1-23-18-9-3-2-6-15(18)13-20(14-16-7-5-11-24-16)25(21,22)17-8-4-10-19-12-17/h2-12H,13-14H2,1H3. The Labute approximate surface area is 151 Å². The van der Waals surface area contributed by atoms with Gasteiger partial charge >= 0.3 is 0 Å². The third-order valence-electron chi connectivity index (χ3n) is 3.72. The lowest BCUT2D eigenvalue weighted by molar-refractivity contribution is 0.377. The lowest BCUT2D eigenvalue weighted by atomic mass is 10.2. The zero-order valence-electron chi connectivity index (χ0n) is 13.7. The molecule has 0 spiro atoms. The third kappa shape index (κ3) is 4.07. The summed E-state index contributed by atoms with van der Waals surface area (Å²) in [5.41, 5.74) is 0.814. The van der Waals surface area contributed by atoms with E-state index >= 15 is 0 Å². The first-order valence-electron chi connectivity index (χ1n) is 7.65. The molecule has 0 saturated heterocycles. The van der Waals surface area contributed by atoms with E-state index in [9.17, 15) is 8.42 Å². The molecule has 0 fully saturated rings. The van der Waals surface area contributed by atoms with Crippen LogP contribution in [0.15, 0.2) is 71.2 Å². The van der Waals surface area contributed by atoms with Gasteiger partial charge in [0.2, 0.25) is 10.0 Å². The summed E-state index contributed by atoms with van der Waals surface area (Å²) in [5.74, 6) is 0.667. The number of pyridine rings is 1. The molecule has 0 bridgehead atoms. The largest absolute Gasteiger partial charge is 0.496 e. The minimum Gasteiger partial charge on any atom is -0.496 e. The van der Waals surface area contributed by atoms with E-state index in [1.807, 2.05) is 41.8 Å². The van der Waals surface area contributed by atoms with Gasteiger partial charge in [0.1, 0.15) is 10.6 Å². The molecule has 0 aliphatic carbocycles. The smallest absolute Gasteiger partial charge is 0.245 e. The van der Waals surface area contributed by atoms with Gasteiger partial charge in [-0.05, 0) is 29.6 Å². The van der Waals surface area contributed by atoms with E-state index in [-0.39, 0.29) is 11.4 Å². The van der Waals surface area contributed by atoms with E-state index < -0.39 is 10.0 Å². The number of methoxy groups -OCH3 is 1. The van der Waals surface area contributed by atoms with E-state index in [1.54, 1.807) is 25.4 Å². The second-order valence-corrected chi connectivity index (χ2v) is 8.32. The highest BCUT2D eigenvalue weighted by atomic mass is 32.2. The molecule has 3 rings (SSSR count). The first-order chi connectivity index (χ1) is 12.1. The number of rotatable bonds is 7. The van der Waals surface area contributed by atoms with Crippen molar-refractivity contribution in [3.63, 3.8) is 0 Å². The maximum absolute atomic E-state index is 13.1. The molecular formula is C18H18N2O3S2. The third-order valence-corrected chi connectivity index (χ3v) is 6.36. The summed E-state index contributed by atoms with van der Waals surface area (Å²) in [4.78, 5) is 5.10. The van der Waals surface area contributed by atoms with E-state index in [2.05, 4.69) is 4.98 Å². The van der Waals surface area contributed by atoms with Gasteiger partial charge in [-0.2, -0.15) is 4.31 Å². The van der Waals surface area contributed by atoms with E-state index in [4.69, 9.17) is 4.74 Å². The number of thiophene rings is 1. The van der Waals surface area contributed by atoms with Crippen LogP contribution in [-0.4, -0.2) is 24.8 Å². The monoisotopic (exact) mass is 374 g/mol. The molecule has 0 aliphatic heterocycles. The van der Waals surface area contributed by atoms with E-state index in [0.717, 1.165) is 10.4 Å². The Bertz CT molecular complexity index is 911. The molecule has 0 N–H and O–H groups in total. The molecule has 0 amide bonds. The minimum absolute atomic E-state index is 0.182. The summed E-state index contributed by atoms with van der Waals surface area (Å²) in [5, 5.41) is 1.94. The van der Waals surface area contributed by atoms with Gasteiger partial charge < -0.3 is 4.74 Å². The van der Waals surface area contributed by atoms with Crippen LogP contribution in [-0.2, 0) is 23.1 Å². The number of hydrogen-bond acceptors (Lipinski definition) is 5. The summed E-state index contributed by atoms with van der Waals surface area (Å²) in [6.07, 6.45) is 2.93. The molecule has 1 aromatic carbocycles. The van der Waals surface area contributed by atoms with Gasteiger partial charge in [-0.1, -0.05) is 24.3 Å². The van der Waals surface area contributed by atoms with Gasteiger partial charge in [-0.3, -0.25) is 4.98 Å². The second kappa shape index (κ2) is 7.77. The van der Waals surface area contributed by atoms with Gasteiger partial charge in [0, 0.05) is 35.9 Å². The van der Waals surface area contributed by atoms with Crippen molar-refractivity contribution in [3.05, 3.63) is 76.7 Å². The first kappa shape index (κ1) is 17.6. The van der Waals surface area contributed by atoms with Crippen molar-refractivity contribution in [3.8, 4) is 5.75 Å². The van der Waals surface area contributed by atoms with Crippen LogP contribution in [0.3, 0.4) is 0 Å². The Morgan fingerprint density at radius 3 is 2.60 bits per heavy atom. The Kier molecular flexibility index (Phi) is 5.47. The number of nitrogens with zero attached hydrogens (tertiary/aromatic N) is 2. The molecule has 0 aliphatic rings. The van der Waals surface area contributed by atoms with Crippen molar-refractivity contribution < 1.29 is 13.2 Å². The van der Waals surface area contributed by atoms with Gasteiger partial charge in [-0.15, -0.1) is 11.3 Å². The average Bonchev–Trinajstić information content (AvgIpc) is 3.15. The van der Waals surface area contributed by atoms with Crippen LogP contribution in [0.25, 0.3) is 0 Å². The summed E-state index contributed by atoms with van der Waals surface area (Å²) >= 11 is 1.53. The van der Waals surface area contributed by atoms with Gasteiger partial charge in [-0.25, -0.2) is 8.42 Å². The molecule has 0 unspecified atom stereocenters. The highest BCUT2D eigenvalue weighted by Crippen LogP contribution is 2.26. The lowest BCUT2D eigenvalue weighted by Crippen LogP contribution is -2.30. The number of hydrogen-bond donors (Lipinski definition) is 0. The second-order valence-electron chi connectivity index (χ2n) is 5.35. The van der Waals surface area contributed by atoms with Gasteiger partial charge in [0.05, 0.1) is 7.11 Å². The Balaban J connectivity index is 1.98. The summed E-state index contributed by atoms with van der Waals surface area (Å²) in [7, 11) is -2.10. The zero-order valence-corrected chi connectivity index (χ0v) is 15.3. The Hall–Kier alpha value is -2.22. The van der Waals surface area contributed by atoms with E-state index in [1.165, 1.54) is 21.8 Å². The lowest BCUT2D eigenvalue weighted by Gasteiger charge is -2.22. The van der Waals surface area contributed by atoms with Crippen LogP contribution >= 0.6 is 11.3 Å². The highest BCUT2D eigenvalue weighted by Gasteiger charge is 2.26. The fraction of sp³-hybridized carbons (Fsp3) is 0.167. The molecule has 2 heterocycles. The van der Waals surface area contributed by atoms with Gasteiger partial charge in [0.15, 0.2) is 0 Å². The molecule has 0 atom stereocenters. The molecular weight excluding hydrogens is 356 g/mol. The number of aromatic nitrogens is 1. The summed E-state index contributed by atoms with van der Waals surface area (Å²) in [6, 6.07) is 14.5. The first-order valence-corrected chi connectivity index (χ1v) is 9.97. The molecule has 0 radical (unpaired) electrons. The predicted octanol–water partition coefficient (Wildman–Crippen LogP) is 3.54. The fourth-order valence-electron chi connectivity index (χ4n) is 2.47. The van der Waals surface area contributed by atoms with Crippen molar-refractivity contribution in [2.45, 2.75) is 18.0 Å². The quantitative estimate of drug-likeness (QED) is 0.635. The zero-order chi connectivity index (χ0) is 17.7. The van der Waals surface area contributed by atoms with Crippen LogP contribution in [0.1, 0.15) is 10.4 Å². The predicted molar refractivity (Wildman–Crippen MR) is 98.0 cm³/mol. The highest BCUT2D eigenvalue weighted by molar-refractivity contribution is 7.89. The molecule has 7 heteroatoms. The van der Waals surface area contributed by atoms with Crippen molar-refractivity contribution in [1.29, 1.82) is 0 Å². The van der Waals surface area contributed by atoms with Crippen LogP contribution in [0.4, 0.5) is 0 Å². The molecule has 25 heavy (non-hydrogen) atoms. The summed E-state index contributed by atoms with van der Waals surface area (Å²) in [6.45, 7) is 0.520. The van der Waals surface area contributed by atoms with Crippen LogP contribution in [0.2, 0.25) is 0 Å². The molecule has 0 saturated carbocycles. The SMILES string of the molecule is COc1ccccc1CN(Cc1cccs1)S(=O)(=O)c1cccnc1. The maximum Gasteiger partial charge on any atom is 0.245 e. The number of para-hydroxylation sites is 1. The minimum atomic E-state index is -3.68. The number of ether oxygens (including phenoxy) is 1.